The number of nitrogens with zero attached hydrogens (tertiary/aromatic N) is 1. The molecule has 21 heavy (non-hydrogen) atoms. The van der Waals surface area contributed by atoms with E-state index in [1.165, 1.54) is 4.31 Å². The van der Waals surface area contributed by atoms with Crippen molar-refractivity contribution in [3.63, 3.8) is 0 Å². The molecule has 0 unspecified atom stereocenters. The van der Waals surface area contributed by atoms with Crippen molar-refractivity contribution < 1.29 is 13.2 Å². The first-order valence-corrected chi connectivity index (χ1v) is 8.55. The van der Waals surface area contributed by atoms with E-state index in [0.29, 0.717) is 24.3 Å². The van der Waals surface area contributed by atoms with Crippen LogP contribution in [0.3, 0.4) is 0 Å². The van der Waals surface area contributed by atoms with E-state index in [1.54, 1.807) is 0 Å². The Morgan fingerprint density at radius 2 is 1.81 bits per heavy atom. The van der Waals surface area contributed by atoms with Gasteiger partial charge in [-0.05, 0) is 44.7 Å². The van der Waals surface area contributed by atoms with Crippen LogP contribution in [0.5, 0.6) is 0 Å². The van der Waals surface area contributed by atoms with Gasteiger partial charge in [-0.3, -0.25) is 4.79 Å². The molecular formula is C15H22N2O3S. The highest BCUT2D eigenvalue weighted by atomic mass is 32.2. The summed E-state index contributed by atoms with van der Waals surface area (Å²) in [6, 6.07) is 3.74. The molecule has 1 aromatic carbocycles. The van der Waals surface area contributed by atoms with E-state index < -0.39 is 15.9 Å². The largest absolute Gasteiger partial charge is 0.369 e. The summed E-state index contributed by atoms with van der Waals surface area (Å²) < 4.78 is 27.2. The van der Waals surface area contributed by atoms with Crippen LogP contribution in [0.15, 0.2) is 17.0 Å². The van der Waals surface area contributed by atoms with Gasteiger partial charge in [0.2, 0.25) is 15.9 Å². The summed E-state index contributed by atoms with van der Waals surface area (Å²) in [4.78, 5) is 11.7. The number of hydrogen-bond donors (Lipinski definition) is 1. The second kappa shape index (κ2) is 5.77. The van der Waals surface area contributed by atoms with E-state index in [2.05, 4.69) is 0 Å². The maximum absolute atomic E-state index is 12.9. The lowest BCUT2D eigenvalue weighted by molar-refractivity contribution is -0.122. The van der Waals surface area contributed by atoms with Crippen LogP contribution in [-0.4, -0.2) is 31.7 Å². The maximum atomic E-state index is 12.9. The third-order valence-electron chi connectivity index (χ3n) is 3.99. The predicted octanol–water partition coefficient (Wildman–Crippen LogP) is 1.50. The standard InChI is InChI=1S/C15H22N2O3S/c1-10-7-11(2)14(12(3)8-10)21(19,20)17-6-4-5-13(9-17)15(16)18/h7-8,13H,4-6,9H2,1-3H3,(H2,16,18)/t13-/m0/s1. The van der Waals surface area contributed by atoms with E-state index in [9.17, 15) is 13.2 Å². The molecule has 1 aromatic rings. The van der Waals surface area contributed by atoms with Crippen LogP contribution < -0.4 is 5.73 Å². The monoisotopic (exact) mass is 310 g/mol. The fraction of sp³-hybridized carbons (Fsp3) is 0.533. The normalized spacial score (nSPS) is 20.4. The Morgan fingerprint density at radius 3 is 2.33 bits per heavy atom. The van der Waals surface area contributed by atoms with E-state index >= 15 is 0 Å². The number of amides is 1. The van der Waals surface area contributed by atoms with Crippen LogP contribution >= 0.6 is 0 Å². The number of carbonyl (C=O) groups excluding carboxylic acids is 1. The van der Waals surface area contributed by atoms with Gasteiger partial charge in [-0.1, -0.05) is 17.7 Å². The molecular weight excluding hydrogens is 288 g/mol. The van der Waals surface area contributed by atoms with Crippen LogP contribution in [0.2, 0.25) is 0 Å². The van der Waals surface area contributed by atoms with E-state index in [4.69, 9.17) is 5.73 Å². The Hall–Kier alpha value is -1.40. The maximum Gasteiger partial charge on any atom is 0.243 e. The number of piperidine rings is 1. The van der Waals surface area contributed by atoms with Crippen LogP contribution in [0, 0.1) is 26.7 Å². The average Bonchev–Trinajstić information content (AvgIpc) is 2.37. The van der Waals surface area contributed by atoms with Crippen molar-refractivity contribution in [2.24, 2.45) is 11.7 Å². The van der Waals surface area contributed by atoms with Gasteiger partial charge in [0.05, 0.1) is 10.8 Å². The van der Waals surface area contributed by atoms with Crippen molar-refractivity contribution in [2.45, 2.75) is 38.5 Å². The molecule has 1 saturated heterocycles. The number of primary amides is 1. The van der Waals surface area contributed by atoms with Gasteiger partial charge in [-0.2, -0.15) is 4.31 Å². The van der Waals surface area contributed by atoms with E-state index in [1.807, 2.05) is 32.9 Å². The summed E-state index contributed by atoms with van der Waals surface area (Å²) in [6.45, 7) is 6.19. The first kappa shape index (κ1) is 16.0. The molecule has 0 radical (unpaired) electrons. The van der Waals surface area contributed by atoms with Gasteiger partial charge in [-0.25, -0.2) is 8.42 Å². The molecule has 1 aliphatic heterocycles. The minimum atomic E-state index is -3.58. The third kappa shape index (κ3) is 3.11. The second-order valence-corrected chi connectivity index (χ2v) is 7.71. The summed E-state index contributed by atoms with van der Waals surface area (Å²) in [5.41, 5.74) is 7.86. The first-order valence-electron chi connectivity index (χ1n) is 7.11. The predicted molar refractivity (Wildman–Crippen MR) is 81.3 cm³/mol. The zero-order valence-electron chi connectivity index (χ0n) is 12.7. The minimum absolute atomic E-state index is 0.185. The fourth-order valence-electron chi connectivity index (χ4n) is 3.10. The van der Waals surface area contributed by atoms with Crippen LogP contribution in [-0.2, 0) is 14.8 Å². The Bertz CT molecular complexity index is 644. The number of hydrogen-bond acceptors (Lipinski definition) is 3. The molecule has 0 spiro atoms. The lowest BCUT2D eigenvalue weighted by atomic mass is 9.99. The molecule has 1 fully saturated rings. The summed E-state index contributed by atoms with van der Waals surface area (Å²) in [7, 11) is -3.58. The molecule has 1 aliphatic rings. The molecule has 1 atom stereocenters. The fourth-order valence-corrected chi connectivity index (χ4v) is 5.03. The van der Waals surface area contributed by atoms with Gasteiger partial charge in [0, 0.05) is 13.1 Å². The van der Waals surface area contributed by atoms with E-state index in [-0.39, 0.29) is 12.5 Å². The number of nitrogens with two attached hydrogens (primary N) is 1. The zero-order chi connectivity index (χ0) is 15.8. The molecule has 2 N–H and O–H groups in total. The van der Waals surface area contributed by atoms with Gasteiger partial charge in [0.1, 0.15) is 0 Å². The van der Waals surface area contributed by atoms with Crippen LogP contribution in [0.25, 0.3) is 0 Å². The highest BCUT2D eigenvalue weighted by molar-refractivity contribution is 7.89. The summed E-state index contributed by atoms with van der Waals surface area (Å²) in [5.74, 6) is -0.813. The Kier molecular flexibility index (Phi) is 4.39. The van der Waals surface area contributed by atoms with E-state index in [0.717, 1.165) is 16.7 Å². The van der Waals surface area contributed by atoms with Crippen molar-refractivity contribution in [3.8, 4) is 0 Å². The van der Waals surface area contributed by atoms with Crippen molar-refractivity contribution >= 4 is 15.9 Å². The number of aryl methyl sites for hydroxylation is 3. The van der Waals surface area contributed by atoms with Gasteiger partial charge < -0.3 is 5.73 Å². The number of benzene rings is 1. The van der Waals surface area contributed by atoms with Crippen molar-refractivity contribution in [1.29, 1.82) is 0 Å². The smallest absolute Gasteiger partial charge is 0.243 e. The van der Waals surface area contributed by atoms with Gasteiger partial charge in [0.25, 0.3) is 0 Å². The molecule has 1 amide bonds. The highest BCUT2D eigenvalue weighted by Crippen LogP contribution is 2.28. The van der Waals surface area contributed by atoms with Crippen molar-refractivity contribution in [1.82, 2.24) is 4.31 Å². The Balaban J connectivity index is 2.41. The average molecular weight is 310 g/mol. The topological polar surface area (TPSA) is 80.5 Å². The van der Waals surface area contributed by atoms with Gasteiger partial charge in [0.15, 0.2) is 0 Å². The molecule has 0 bridgehead atoms. The molecule has 0 aliphatic carbocycles. The third-order valence-corrected chi connectivity index (χ3v) is 6.16. The lowest BCUT2D eigenvalue weighted by Gasteiger charge is -2.31. The summed E-state index contributed by atoms with van der Waals surface area (Å²) in [6.07, 6.45) is 1.32. The SMILES string of the molecule is Cc1cc(C)c(S(=O)(=O)N2CCC[C@H](C(N)=O)C2)c(C)c1. The molecule has 2 rings (SSSR count). The molecule has 1 heterocycles. The highest BCUT2D eigenvalue weighted by Gasteiger charge is 2.34. The first-order chi connectivity index (χ1) is 9.73. The Labute approximate surface area is 126 Å². The molecule has 0 aromatic heterocycles. The number of sulfonamides is 1. The van der Waals surface area contributed by atoms with Crippen molar-refractivity contribution in [2.75, 3.05) is 13.1 Å². The molecule has 6 heteroatoms. The van der Waals surface area contributed by atoms with Gasteiger partial charge in [-0.15, -0.1) is 0 Å². The summed E-state index contributed by atoms with van der Waals surface area (Å²) in [5, 5.41) is 0. The number of rotatable bonds is 3. The molecule has 5 nitrogen and oxygen atoms in total. The quantitative estimate of drug-likeness (QED) is 0.918. The van der Waals surface area contributed by atoms with Crippen molar-refractivity contribution in [3.05, 3.63) is 28.8 Å². The summed E-state index contributed by atoms with van der Waals surface area (Å²) >= 11 is 0. The zero-order valence-corrected chi connectivity index (χ0v) is 13.5. The van der Waals surface area contributed by atoms with Crippen LogP contribution in [0.1, 0.15) is 29.5 Å². The lowest BCUT2D eigenvalue weighted by Crippen LogP contribution is -2.44. The second-order valence-electron chi connectivity index (χ2n) is 5.83. The molecule has 116 valence electrons. The Morgan fingerprint density at radius 1 is 1.24 bits per heavy atom. The number of carbonyl (C=O) groups is 1. The molecule has 0 saturated carbocycles. The van der Waals surface area contributed by atoms with Crippen LogP contribution in [0.4, 0.5) is 0 Å². The minimum Gasteiger partial charge on any atom is -0.369 e. The van der Waals surface area contributed by atoms with Gasteiger partial charge >= 0.3 is 0 Å².